The quantitative estimate of drug-likeness (QED) is 0.520. The van der Waals surface area contributed by atoms with Crippen molar-refractivity contribution in [3.05, 3.63) is 58.4 Å². The van der Waals surface area contributed by atoms with Crippen LogP contribution < -0.4 is 0 Å². The molecule has 0 bridgehead atoms. The molecular weight excluding hydrogens is 342 g/mol. The maximum absolute atomic E-state index is 12.4. The number of benzene rings is 1. The second-order valence-corrected chi connectivity index (χ2v) is 7.26. The zero-order valence-corrected chi connectivity index (χ0v) is 16.1. The Morgan fingerprint density at radius 3 is 2.30 bits per heavy atom. The van der Waals surface area contributed by atoms with E-state index in [-0.39, 0.29) is 31.0 Å². The van der Waals surface area contributed by atoms with Gasteiger partial charge in [-0.3, -0.25) is 14.4 Å². The van der Waals surface area contributed by atoms with E-state index in [4.69, 9.17) is 4.74 Å². The molecular formula is C22H25NO4. The number of ether oxygens (including phenoxy) is 1. The van der Waals surface area contributed by atoms with Crippen LogP contribution in [0.3, 0.4) is 0 Å². The molecule has 1 aromatic carbocycles. The maximum Gasteiger partial charge on any atom is 0.306 e. The minimum absolute atomic E-state index is 0.0267. The summed E-state index contributed by atoms with van der Waals surface area (Å²) in [6, 6.07) is 9.60. The third-order valence-electron chi connectivity index (χ3n) is 4.99. The second kappa shape index (κ2) is 7.91. The summed E-state index contributed by atoms with van der Waals surface area (Å²) >= 11 is 0. The summed E-state index contributed by atoms with van der Waals surface area (Å²) in [5.74, 6) is -0.834. The van der Waals surface area contributed by atoms with E-state index in [1.807, 2.05) is 39.0 Å². The molecule has 1 fully saturated rings. The van der Waals surface area contributed by atoms with Crippen molar-refractivity contribution in [1.29, 1.82) is 0 Å². The summed E-state index contributed by atoms with van der Waals surface area (Å²) in [5.41, 5.74) is 4.27. The first kappa shape index (κ1) is 19.1. The van der Waals surface area contributed by atoms with Crippen LogP contribution in [-0.2, 0) is 9.53 Å². The van der Waals surface area contributed by atoms with Crippen LogP contribution in [0, 0.1) is 20.8 Å². The Kier molecular flexibility index (Phi) is 5.59. The Bertz CT molecular complexity index is 872. The molecule has 1 aromatic heterocycles. The second-order valence-electron chi connectivity index (χ2n) is 7.26. The van der Waals surface area contributed by atoms with Crippen molar-refractivity contribution in [2.24, 2.45) is 0 Å². The van der Waals surface area contributed by atoms with Crippen molar-refractivity contribution in [2.75, 3.05) is 6.61 Å². The zero-order chi connectivity index (χ0) is 19.6. The average molecular weight is 367 g/mol. The molecule has 0 radical (unpaired) electrons. The molecule has 1 aliphatic carbocycles. The van der Waals surface area contributed by atoms with E-state index >= 15 is 0 Å². The summed E-state index contributed by atoms with van der Waals surface area (Å²) in [7, 11) is 0. The van der Waals surface area contributed by atoms with E-state index in [0.29, 0.717) is 17.2 Å². The van der Waals surface area contributed by atoms with E-state index < -0.39 is 5.97 Å². The molecule has 0 atom stereocenters. The van der Waals surface area contributed by atoms with Crippen LogP contribution in [-0.4, -0.2) is 28.7 Å². The number of aromatic nitrogens is 1. The fourth-order valence-corrected chi connectivity index (χ4v) is 3.35. The molecule has 5 heteroatoms. The predicted octanol–water partition coefficient (Wildman–Crippen LogP) is 4.14. The van der Waals surface area contributed by atoms with Crippen LogP contribution >= 0.6 is 0 Å². The van der Waals surface area contributed by atoms with Gasteiger partial charge >= 0.3 is 5.97 Å². The Morgan fingerprint density at radius 2 is 1.67 bits per heavy atom. The number of rotatable bonds is 8. The number of Topliss-reactive ketones (excluding diaryl/α,β-unsaturated/α-hetero) is 2. The minimum Gasteiger partial charge on any atom is -0.457 e. The number of aryl methyl sites for hydroxylation is 2. The van der Waals surface area contributed by atoms with Gasteiger partial charge in [0.1, 0.15) is 0 Å². The van der Waals surface area contributed by atoms with Gasteiger partial charge in [-0.2, -0.15) is 0 Å². The monoisotopic (exact) mass is 367 g/mol. The van der Waals surface area contributed by atoms with Gasteiger partial charge < -0.3 is 9.30 Å². The molecule has 1 aliphatic rings. The van der Waals surface area contributed by atoms with Gasteiger partial charge in [0.15, 0.2) is 12.4 Å². The lowest BCUT2D eigenvalue weighted by Gasteiger charge is -2.08. The Balaban J connectivity index is 1.49. The third-order valence-corrected chi connectivity index (χ3v) is 4.99. The number of esters is 1. The molecule has 2 aromatic rings. The van der Waals surface area contributed by atoms with Gasteiger partial charge in [0.2, 0.25) is 5.78 Å². The number of ketones is 2. The molecule has 1 heterocycles. The summed E-state index contributed by atoms with van der Waals surface area (Å²) < 4.78 is 7.28. The summed E-state index contributed by atoms with van der Waals surface area (Å²) in [6.45, 7) is 5.59. The summed E-state index contributed by atoms with van der Waals surface area (Å²) in [6.07, 6.45) is 2.34. The first-order chi connectivity index (χ1) is 12.9. The van der Waals surface area contributed by atoms with Crippen LogP contribution in [0.2, 0.25) is 0 Å². The molecule has 0 spiro atoms. The number of hydrogen-bond acceptors (Lipinski definition) is 4. The topological polar surface area (TPSA) is 65.4 Å². The number of nitrogens with zero attached hydrogens (tertiary/aromatic N) is 1. The molecule has 142 valence electrons. The minimum atomic E-state index is -0.528. The van der Waals surface area contributed by atoms with Crippen molar-refractivity contribution >= 4 is 17.5 Å². The van der Waals surface area contributed by atoms with Crippen molar-refractivity contribution in [3.63, 3.8) is 0 Å². The van der Waals surface area contributed by atoms with E-state index in [1.54, 1.807) is 12.1 Å². The van der Waals surface area contributed by atoms with Gasteiger partial charge in [0.25, 0.3) is 0 Å². The molecule has 27 heavy (non-hydrogen) atoms. The van der Waals surface area contributed by atoms with Gasteiger partial charge in [0, 0.05) is 35.0 Å². The Labute approximate surface area is 159 Å². The normalized spacial score (nSPS) is 13.4. The van der Waals surface area contributed by atoms with Crippen LogP contribution in [0.1, 0.15) is 69.4 Å². The van der Waals surface area contributed by atoms with E-state index in [0.717, 1.165) is 29.8 Å². The number of carbonyl (C=O) groups is 3. The Morgan fingerprint density at radius 1 is 1.00 bits per heavy atom. The largest absolute Gasteiger partial charge is 0.457 e. The molecule has 1 saturated carbocycles. The van der Waals surface area contributed by atoms with Gasteiger partial charge in [-0.15, -0.1) is 0 Å². The average Bonchev–Trinajstić information content (AvgIpc) is 3.43. The molecule has 5 nitrogen and oxygen atoms in total. The first-order valence-corrected chi connectivity index (χ1v) is 9.34. The lowest BCUT2D eigenvalue weighted by atomic mass is 10.1. The molecule has 0 unspecified atom stereocenters. The van der Waals surface area contributed by atoms with Crippen LogP contribution in [0.25, 0.3) is 0 Å². The van der Waals surface area contributed by atoms with E-state index in [9.17, 15) is 14.4 Å². The third kappa shape index (κ3) is 4.54. The highest BCUT2D eigenvalue weighted by Gasteiger charge is 2.28. The van der Waals surface area contributed by atoms with Crippen molar-refractivity contribution in [3.8, 4) is 0 Å². The summed E-state index contributed by atoms with van der Waals surface area (Å²) in [5, 5.41) is 0. The highest BCUT2D eigenvalue weighted by Crippen LogP contribution is 2.38. The lowest BCUT2D eigenvalue weighted by molar-refractivity contribution is -0.142. The highest BCUT2D eigenvalue weighted by molar-refractivity contribution is 6.00. The van der Waals surface area contributed by atoms with Gasteiger partial charge in [-0.25, -0.2) is 0 Å². The van der Waals surface area contributed by atoms with Crippen LogP contribution in [0.5, 0.6) is 0 Å². The molecule has 0 aliphatic heterocycles. The van der Waals surface area contributed by atoms with Crippen LogP contribution in [0.4, 0.5) is 0 Å². The number of hydrogen-bond donors (Lipinski definition) is 0. The Hall–Kier alpha value is -2.69. The maximum atomic E-state index is 12.4. The highest BCUT2D eigenvalue weighted by atomic mass is 16.5. The fraction of sp³-hybridized carbons (Fsp3) is 0.409. The van der Waals surface area contributed by atoms with Gasteiger partial charge in [-0.1, -0.05) is 29.8 Å². The van der Waals surface area contributed by atoms with E-state index in [2.05, 4.69) is 4.57 Å². The molecule has 0 saturated heterocycles. The summed E-state index contributed by atoms with van der Waals surface area (Å²) in [4.78, 5) is 36.4. The smallest absolute Gasteiger partial charge is 0.306 e. The zero-order valence-electron chi connectivity index (χ0n) is 16.1. The van der Waals surface area contributed by atoms with Gasteiger partial charge in [0.05, 0.1) is 6.42 Å². The van der Waals surface area contributed by atoms with Crippen LogP contribution in [0.15, 0.2) is 30.3 Å². The van der Waals surface area contributed by atoms with Crippen molar-refractivity contribution < 1.29 is 19.1 Å². The molecule has 0 N–H and O–H groups in total. The first-order valence-electron chi connectivity index (χ1n) is 9.34. The predicted molar refractivity (Wildman–Crippen MR) is 102 cm³/mol. The van der Waals surface area contributed by atoms with E-state index in [1.165, 1.54) is 0 Å². The fourth-order valence-electron chi connectivity index (χ4n) is 3.35. The van der Waals surface area contributed by atoms with Crippen molar-refractivity contribution in [1.82, 2.24) is 4.57 Å². The lowest BCUT2D eigenvalue weighted by Crippen LogP contribution is -2.15. The molecule has 0 amide bonds. The SMILES string of the molecule is Cc1ccc(C(=O)CCC(=O)OCC(=O)c2cc(C)n(C3CC3)c2C)cc1. The van der Waals surface area contributed by atoms with Gasteiger partial charge in [-0.05, 0) is 39.7 Å². The number of carbonyl (C=O) groups excluding carboxylic acids is 3. The van der Waals surface area contributed by atoms with Crippen molar-refractivity contribution in [2.45, 2.75) is 52.5 Å². The molecule has 3 rings (SSSR count). The standard InChI is InChI=1S/C22H25NO4/c1-14-4-6-17(7-5-14)20(24)10-11-22(26)27-13-21(25)19-12-15(2)23(16(19)3)18-8-9-18/h4-7,12,18H,8-11,13H2,1-3H3.